The number of nitrogens with two attached hydrogens (primary N) is 1. The molecule has 100 valence electrons. The molecule has 6 heteroatoms. The molecule has 1 amide bonds. The van der Waals surface area contributed by atoms with Crippen molar-refractivity contribution in [2.75, 3.05) is 13.6 Å². The van der Waals surface area contributed by atoms with Gasteiger partial charge in [0.05, 0.1) is 6.04 Å². The lowest BCUT2D eigenvalue weighted by molar-refractivity contribution is -0.144. The molecule has 0 heterocycles. The van der Waals surface area contributed by atoms with Crippen LogP contribution in [0, 0.1) is 0 Å². The number of carboxylic acids is 1. The first kappa shape index (κ1) is 15.9. The average Bonchev–Trinajstić information content (AvgIpc) is 2.24. The van der Waals surface area contributed by atoms with Crippen molar-refractivity contribution in [2.24, 2.45) is 5.73 Å². The van der Waals surface area contributed by atoms with Gasteiger partial charge in [-0.25, -0.2) is 0 Å². The Kier molecular flexibility index (Phi) is 6.75. The van der Waals surface area contributed by atoms with Gasteiger partial charge in [0.25, 0.3) is 0 Å². The Bertz CT molecular complexity index is 271. The van der Waals surface area contributed by atoms with E-state index < -0.39 is 23.5 Å². The molecule has 2 atom stereocenters. The zero-order valence-corrected chi connectivity index (χ0v) is 10.7. The molecule has 0 saturated heterocycles. The van der Waals surface area contributed by atoms with E-state index in [4.69, 9.17) is 10.8 Å². The van der Waals surface area contributed by atoms with E-state index in [-0.39, 0.29) is 0 Å². The van der Waals surface area contributed by atoms with Crippen molar-refractivity contribution >= 4 is 11.9 Å². The van der Waals surface area contributed by atoms with Gasteiger partial charge in [-0.05, 0) is 39.8 Å². The van der Waals surface area contributed by atoms with Gasteiger partial charge in [-0.3, -0.25) is 9.59 Å². The molecular formula is C11H23N3O3. The molecule has 0 spiro atoms. The fourth-order valence-electron chi connectivity index (χ4n) is 1.75. The number of amides is 1. The van der Waals surface area contributed by atoms with Crippen LogP contribution in [0.1, 0.15) is 33.1 Å². The third-order valence-corrected chi connectivity index (χ3v) is 2.90. The van der Waals surface area contributed by atoms with Crippen molar-refractivity contribution in [3.05, 3.63) is 0 Å². The van der Waals surface area contributed by atoms with Gasteiger partial charge in [0.15, 0.2) is 0 Å². The van der Waals surface area contributed by atoms with E-state index in [9.17, 15) is 9.59 Å². The standard InChI is InChI=1S/C11H23N3O3/c1-4-14-11(2,10(16)17)7-5-6-8(13-3)9(12)15/h8,13-14H,4-7H2,1-3H3,(H2,12,15)(H,16,17). The van der Waals surface area contributed by atoms with Gasteiger partial charge in [0.1, 0.15) is 5.54 Å². The summed E-state index contributed by atoms with van der Waals surface area (Å²) in [5.74, 6) is -1.28. The van der Waals surface area contributed by atoms with Crippen molar-refractivity contribution < 1.29 is 14.7 Å². The number of likely N-dealkylation sites (N-methyl/N-ethyl adjacent to an activating group) is 2. The highest BCUT2D eigenvalue weighted by atomic mass is 16.4. The number of hydrogen-bond donors (Lipinski definition) is 4. The summed E-state index contributed by atoms with van der Waals surface area (Å²) in [5, 5.41) is 14.9. The van der Waals surface area contributed by atoms with Crippen LogP contribution in [0.15, 0.2) is 0 Å². The predicted octanol–water partition coefficient (Wildman–Crippen LogP) is -0.317. The minimum Gasteiger partial charge on any atom is -0.480 e. The van der Waals surface area contributed by atoms with E-state index >= 15 is 0 Å². The third kappa shape index (κ3) is 5.14. The molecular weight excluding hydrogens is 222 g/mol. The number of carbonyl (C=O) groups excluding carboxylic acids is 1. The molecule has 0 aromatic heterocycles. The van der Waals surface area contributed by atoms with Crippen molar-refractivity contribution in [3.8, 4) is 0 Å². The lowest BCUT2D eigenvalue weighted by atomic mass is 9.93. The number of nitrogens with one attached hydrogen (secondary N) is 2. The Morgan fingerprint density at radius 1 is 1.47 bits per heavy atom. The molecule has 0 radical (unpaired) electrons. The zero-order valence-electron chi connectivity index (χ0n) is 10.7. The fraction of sp³-hybridized carbons (Fsp3) is 0.818. The molecule has 5 N–H and O–H groups in total. The van der Waals surface area contributed by atoms with Gasteiger partial charge in [0.2, 0.25) is 5.91 Å². The first-order valence-electron chi connectivity index (χ1n) is 5.82. The van der Waals surface area contributed by atoms with Crippen LogP contribution in [0.4, 0.5) is 0 Å². The number of carbonyl (C=O) groups is 2. The van der Waals surface area contributed by atoms with E-state index in [0.29, 0.717) is 25.8 Å². The topological polar surface area (TPSA) is 104 Å². The smallest absolute Gasteiger partial charge is 0.323 e. The van der Waals surface area contributed by atoms with Gasteiger partial charge in [0, 0.05) is 0 Å². The maximum atomic E-state index is 11.1. The number of aliphatic carboxylic acids is 1. The molecule has 0 aliphatic carbocycles. The Morgan fingerprint density at radius 2 is 2.06 bits per heavy atom. The minimum absolute atomic E-state index is 0.394. The summed E-state index contributed by atoms with van der Waals surface area (Å²) in [4.78, 5) is 22.1. The van der Waals surface area contributed by atoms with Crippen LogP contribution in [0.25, 0.3) is 0 Å². The van der Waals surface area contributed by atoms with Gasteiger partial charge in [-0.15, -0.1) is 0 Å². The van der Waals surface area contributed by atoms with Crippen molar-refractivity contribution in [2.45, 2.75) is 44.7 Å². The largest absolute Gasteiger partial charge is 0.480 e. The van der Waals surface area contributed by atoms with Gasteiger partial charge in [-0.1, -0.05) is 6.92 Å². The van der Waals surface area contributed by atoms with Crippen LogP contribution in [0.2, 0.25) is 0 Å². The second-order valence-corrected chi connectivity index (χ2v) is 4.30. The molecule has 2 unspecified atom stereocenters. The number of rotatable bonds is 9. The van der Waals surface area contributed by atoms with Crippen molar-refractivity contribution in [1.29, 1.82) is 0 Å². The molecule has 0 aliphatic heterocycles. The molecule has 0 fully saturated rings. The first-order valence-corrected chi connectivity index (χ1v) is 5.82. The summed E-state index contributed by atoms with van der Waals surface area (Å²) in [6.45, 7) is 4.10. The van der Waals surface area contributed by atoms with E-state index in [1.54, 1.807) is 14.0 Å². The summed E-state index contributed by atoms with van der Waals surface area (Å²) in [6, 6.07) is -0.394. The van der Waals surface area contributed by atoms with Crippen LogP contribution in [0.3, 0.4) is 0 Å². The maximum Gasteiger partial charge on any atom is 0.323 e. The van der Waals surface area contributed by atoms with Crippen molar-refractivity contribution in [3.63, 3.8) is 0 Å². The Labute approximate surface area is 102 Å². The quantitative estimate of drug-likeness (QED) is 0.446. The number of carboxylic acid groups (broad SMARTS) is 1. The normalized spacial score (nSPS) is 16.2. The molecule has 0 aromatic carbocycles. The van der Waals surface area contributed by atoms with E-state index in [0.717, 1.165) is 0 Å². The van der Waals surface area contributed by atoms with Crippen molar-refractivity contribution in [1.82, 2.24) is 10.6 Å². The monoisotopic (exact) mass is 245 g/mol. The SMILES string of the molecule is CCNC(C)(CCCC(NC)C(N)=O)C(=O)O. The van der Waals surface area contributed by atoms with Crippen LogP contribution in [0.5, 0.6) is 0 Å². The second-order valence-electron chi connectivity index (χ2n) is 4.30. The minimum atomic E-state index is -0.940. The Balaban J connectivity index is 4.23. The maximum absolute atomic E-state index is 11.1. The summed E-state index contributed by atoms with van der Waals surface area (Å²) in [6.07, 6.45) is 1.62. The highest BCUT2D eigenvalue weighted by Crippen LogP contribution is 2.15. The molecule has 17 heavy (non-hydrogen) atoms. The average molecular weight is 245 g/mol. The summed E-state index contributed by atoms with van der Waals surface area (Å²) >= 11 is 0. The highest BCUT2D eigenvalue weighted by Gasteiger charge is 2.31. The molecule has 6 nitrogen and oxygen atoms in total. The number of hydrogen-bond acceptors (Lipinski definition) is 4. The Morgan fingerprint density at radius 3 is 2.41 bits per heavy atom. The zero-order chi connectivity index (χ0) is 13.5. The third-order valence-electron chi connectivity index (χ3n) is 2.90. The van der Waals surface area contributed by atoms with E-state index in [1.807, 2.05) is 6.92 Å². The van der Waals surface area contributed by atoms with Gasteiger partial charge >= 0.3 is 5.97 Å². The van der Waals surface area contributed by atoms with Crippen LogP contribution in [-0.2, 0) is 9.59 Å². The predicted molar refractivity (Wildman–Crippen MR) is 65.6 cm³/mol. The molecule has 0 rings (SSSR count). The van der Waals surface area contributed by atoms with Crippen LogP contribution in [-0.4, -0.2) is 42.2 Å². The van der Waals surface area contributed by atoms with Gasteiger partial charge in [-0.2, -0.15) is 0 Å². The number of primary amides is 1. The Hall–Kier alpha value is -1.14. The summed E-state index contributed by atoms with van der Waals surface area (Å²) < 4.78 is 0. The van der Waals surface area contributed by atoms with Gasteiger partial charge < -0.3 is 21.5 Å². The lowest BCUT2D eigenvalue weighted by Gasteiger charge is -2.26. The summed E-state index contributed by atoms with van der Waals surface area (Å²) in [7, 11) is 1.66. The molecule has 0 aliphatic rings. The molecule has 0 aromatic rings. The van der Waals surface area contributed by atoms with Crippen LogP contribution < -0.4 is 16.4 Å². The molecule has 0 saturated carbocycles. The summed E-state index contributed by atoms with van der Waals surface area (Å²) in [5.41, 5.74) is 4.24. The van der Waals surface area contributed by atoms with Crippen LogP contribution >= 0.6 is 0 Å². The lowest BCUT2D eigenvalue weighted by Crippen LogP contribution is -2.49. The van der Waals surface area contributed by atoms with E-state index in [1.165, 1.54) is 0 Å². The second kappa shape index (κ2) is 7.24. The fourth-order valence-corrected chi connectivity index (χ4v) is 1.75. The highest BCUT2D eigenvalue weighted by molar-refractivity contribution is 5.80. The first-order chi connectivity index (χ1) is 7.87. The molecule has 0 bridgehead atoms. The van der Waals surface area contributed by atoms with E-state index in [2.05, 4.69) is 10.6 Å².